The Labute approximate surface area is 94.6 Å². The third-order valence-corrected chi connectivity index (χ3v) is 2.45. The molecule has 0 aliphatic carbocycles. The van der Waals surface area contributed by atoms with Gasteiger partial charge in [-0.1, -0.05) is 24.6 Å². The highest BCUT2D eigenvalue weighted by molar-refractivity contribution is 6.30. The Kier molecular flexibility index (Phi) is 5.02. The van der Waals surface area contributed by atoms with Gasteiger partial charge in [-0.15, -0.1) is 0 Å². The van der Waals surface area contributed by atoms with Gasteiger partial charge >= 0.3 is 0 Å². The van der Waals surface area contributed by atoms with E-state index in [1.54, 1.807) is 12.1 Å². The zero-order valence-electron chi connectivity index (χ0n) is 8.76. The Bertz CT molecular complexity index is 317. The van der Waals surface area contributed by atoms with E-state index in [0.29, 0.717) is 17.1 Å². The van der Waals surface area contributed by atoms with Gasteiger partial charge in [0, 0.05) is 23.2 Å². The van der Waals surface area contributed by atoms with Crippen LogP contribution in [0.5, 0.6) is 0 Å². The van der Waals surface area contributed by atoms with E-state index in [1.165, 1.54) is 6.07 Å². The molecule has 0 aliphatic rings. The second kappa shape index (κ2) is 6.05. The molecule has 0 fully saturated rings. The first kappa shape index (κ1) is 12.4. The van der Waals surface area contributed by atoms with E-state index >= 15 is 0 Å². The van der Waals surface area contributed by atoms with E-state index in [0.717, 1.165) is 13.0 Å². The van der Waals surface area contributed by atoms with E-state index in [9.17, 15) is 4.39 Å². The van der Waals surface area contributed by atoms with Crippen LogP contribution in [0.3, 0.4) is 0 Å². The van der Waals surface area contributed by atoms with Crippen molar-refractivity contribution in [2.24, 2.45) is 5.73 Å². The Morgan fingerprint density at radius 2 is 2.27 bits per heavy atom. The molecule has 1 unspecified atom stereocenters. The van der Waals surface area contributed by atoms with Crippen LogP contribution in [0.4, 0.5) is 4.39 Å². The van der Waals surface area contributed by atoms with E-state index in [-0.39, 0.29) is 11.9 Å². The summed E-state index contributed by atoms with van der Waals surface area (Å²) in [5, 5.41) is 3.59. The highest BCUT2D eigenvalue weighted by Crippen LogP contribution is 2.20. The molecule has 15 heavy (non-hydrogen) atoms. The molecule has 0 heterocycles. The lowest BCUT2D eigenvalue weighted by Crippen LogP contribution is -2.29. The molecule has 0 bridgehead atoms. The molecule has 2 nitrogen and oxygen atoms in total. The van der Waals surface area contributed by atoms with Crippen molar-refractivity contribution in [1.82, 2.24) is 5.32 Å². The topological polar surface area (TPSA) is 38.0 Å². The number of halogens is 2. The summed E-state index contributed by atoms with van der Waals surface area (Å²) in [5.74, 6) is -0.304. The number of hydrogen-bond donors (Lipinski definition) is 2. The standard InChI is InChI=1S/C11H16ClFN2/c1-2-5-15-11(7-14)9-4-3-8(12)6-10(9)13/h3-4,6,11,15H,2,5,7,14H2,1H3. The minimum atomic E-state index is -0.304. The molecule has 3 N–H and O–H groups in total. The number of benzene rings is 1. The van der Waals surface area contributed by atoms with Crippen molar-refractivity contribution < 1.29 is 4.39 Å². The molecule has 0 saturated carbocycles. The third kappa shape index (κ3) is 3.45. The van der Waals surface area contributed by atoms with Crippen molar-refractivity contribution in [3.63, 3.8) is 0 Å². The maximum atomic E-state index is 13.5. The van der Waals surface area contributed by atoms with Crippen LogP contribution in [0, 0.1) is 5.82 Å². The second-order valence-electron chi connectivity index (χ2n) is 3.41. The summed E-state index contributed by atoms with van der Waals surface area (Å²) in [6, 6.07) is 4.53. The van der Waals surface area contributed by atoms with Gasteiger partial charge in [-0.3, -0.25) is 0 Å². The Morgan fingerprint density at radius 3 is 2.80 bits per heavy atom. The van der Waals surface area contributed by atoms with Crippen LogP contribution in [0.25, 0.3) is 0 Å². The van der Waals surface area contributed by atoms with Crippen molar-refractivity contribution in [3.05, 3.63) is 34.6 Å². The smallest absolute Gasteiger partial charge is 0.129 e. The van der Waals surface area contributed by atoms with Crippen LogP contribution in [-0.2, 0) is 0 Å². The SMILES string of the molecule is CCCNC(CN)c1ccc(Cl)cc1F. The monoisotopic (exact) mass is 230 g/mol. The van der Waals surface area contributed by atoms with Crippen LogP contribution < -0.4 is 11.1 Å². The predicted molar refractivity (Wildman–Crippen MR) is 61.5 cm³/mol. The van der Waals surface area contributed by atoms with Crippen LogP contribution in [0.1, 0.15) is 24.9 Å². The molecular weight excluding hydrogens is 215 g/mol. The summed E-state index contributed by atoms with van der Waals surface area (Å²) in [6.45, 7) is 3.25. The third-order valence-electron chi connectivity index (χ3n) is 2.21. The first-order valence-corrected chi connectivity index (χ1v) is 5.45. The first-order chi connectivity index (χ1) is 7.19. The van der Waals surface area contributed by atoms with Crippen molar-refractivity contribution in [2.75, 3.05) is 13.1 Å². The maximum absolute atomic E-state index is 13.5. The van der Waals surface area contributed by atoms with Crippen LogP contribution >= 0.6 is 11.6 Å². The predicted octanol–water partition coefficient (Wildman–Crippen LogP) is 2.48. The summed E-state index contributed by atoms with van der Waals surface area (Å²) in [5.41, 5.74) is 6.17. The Morgan fingerprint density at radius 1 is 1.53 bits per heavy atom. The fourth-order valence-electron chi connectivity index (χ4n) is 1.42. The van der Waals surface area contributed by atoms with E-state index in [2.05, 4.69) is 12.2 Å². The van der Waals surface area contributed by atoms with Crippen molar-refractivity contribution in [1.29, 1.82) is 0 Å². The largest absolute Gasteiger partial charge is 0.329 e. The Balaban J connectivity index is 2.81. The van der Waals surface area contributed by atoms with Gasteiger partial charge in [0.05, 0.1) is 0 Å². The van der Waals surface area contributed by atoms with Gasteiger partial charge < -0.3 is 11.1 Å². The molecule has 1 aromatic rings. The summed E-state index contributed by atoms with van der Waals surface area (Å²) >= 11 is 5.68. The van der Waals surface area contributed by atoms with Gasteiger partial charge in [0.25, 0.3) is 0 Å². The van der Waals surface area contributed by atoms with Gasteiger partial charge in [0.1, 0.15) is 5.82 Å². The average molecular weight is 231 g/mol. The maximum Gasteiger partial charge on any atom is 0.129 e. The lowest BCUT2D eigenvalue weighted by atomic mass is 10.1. The van der Waals surface area contributed by atoms with E-state index in [4.69, 9.17) is 17.3 Å². The molecular formula is C11H16ClFN2. The minimum absolute atomic E-state index is 0.137. The quantitative estimate of drug-likeness (QED) is 0.816. The number of rotatable bonds is 5. The zero-order valence-corrected chi connectivity index (χ0v) is 9.52. The first-order valence-electron chi connectivity index (χ1n) is 5.07. The molecule has 0 spiro atoms. The molecule has 0 amide bonds. The Hall–Kier alpha value is -0.640. The number of nitrogens with one attached hydrogen (secondary N) is 1. The molecule has 1 rings (SSSR count). The van der Waals surface area contributed by atoms with Gasteiger partial charge in [-0.05, 0) is 25.1 Å². The van der Waals surface area contributed by atoms with Crippen LogP contribution in [0.2, 0.25) is 5.02 Å². The second-order valence-corrected chi connectivity index (χ2v) is 3.84. The molecule has 0 aromatic heterocycles. The lowest BCUT2D eigenvalue weighted by molar-refractivity contribution is 0.506. The van der Waals surface area contributed by atoms with Gasteiger partial charge in [-0.25, -0.2) is 4.39 Å². The normalized spacial score (nSPS) is 12.8. The molecule has 0 aliphatic heterocycles. The van der Waals surface area contributed by atoms with Gasteiger partial charge in [0.15, 0.2) is 0 Å². The highest BCUT2D eigenvalue weighted by atomic mass is 35.5. The molecule has 4 heteroatoms. The fraction of sp³-hybridized carbons (Fsp3) is 0.455. The molecule has 0 radical (unpaired) electrons. The van der Waals surface area contributed by atoms with Crippen LogP contribution in [-0.4, -0.2) is 13.1 Å². The number of hydrogen-bond acceptors (Lipinski definition) is 2. The molecule has 84 valence electrons. The average Bonchev–Trinajstić information content (AvgIpc) is 2.21. The fourth-order valence-corrected chi connectivity index (χ4v) is 1.58. The summed E-state index contributed by atoms with van der Waals surface area (Å²) in [6.07, 6.45) is 0.992. The van der Waals surface area contributed by atoms with E-state index in [1.807, 2.05) is 0 Å². The molecule has 1 atom stereocenters. The summed E-state index contributed by atoms with van der Waals surface area (Å²) in [7, 11) is 0. The van der Waals surface area contributed by atoms with Crippen LogP contribution in [0.15, 0.2) is 18.2 Å². The van der Waals surface area contributed by atoms with Crippen molar-refractivity contribution >= 4 is 11.6 Å². The van der Waals surface area contributed by atoms with Gasteiger partial charge in [-0.2, -0.15) is 0 Å². The summed E-state index contributed by atoms with van der Waals surface area (Å²) < 4.78 is 13.5. The van der Waals surface area contributed by atoms with Crippen molar-refractivity contribution in [2.45, 2.75) is 19.4 Å². The zero-order chi connectivity index (χ0) is 11.3. The number of nitrogens with two attached hydrogens (primary N) is 1. The molecule has 0 saturated heterocycles. The highest BCUT2D eigenvalue weighted by Gasteiger charge is 2.13. The van der Waals surface area contributed by atoms with E-state index < -0.39 is 0 Å². The molecule has 1 aromatic carbocycles. The minimum Gasteiger partial charge on any atom is -0.329 e. The lowest BCUT2D eigenvalue weighted by Gasteiger charge is -2.17. The van der Waals surface area contributed by atoms with Gasteiger partial charge in [0.2, 0.25) is 0 Å². The summed E-state index contributed by atoms with van der Waals surface area (Å²) in [4.78, 5) is 0. The van der Waals surface area contributed by atoms with Crippen molar-refractivity contribution in [3.8, 4) is 0 Å².